The van der Waals surface area contributed by atoms with E-state index in [1.807, 2.05) is 30.0 Å². The van der Waals surface area contributed by atoms with Gasteiger partial charge in [0.15, 0.2) is 11.5 Å². The van der Waals surface area contributed by atoms with Crippen LogP contribution in [0.4, 0.5) is 26.4 Å². The van der Waals surface area contributed by atoms with E-state index in [-0.39, 0.29) is 18.5 Å². The monoisotopic (exact) mass is 542 g/mol. The summed E-state index contributed by atoms with van der Waals surface area (Å²) in [5.41, 5.74) is 2.89. The van der Waals surface area contributed by atoms with E-state index in [0.29, 0.717) is 58.7 Å². The van der Waals surface area contributed by atoms with Gasteiger partial charge in [-0.25, -0.2) is 28.7 Å². The molecule has 13 heteroatoms. The number of hydrogen-bond acceptors (Lipinski definition) is 9. The zero-order chi connectivity index (χ0) is 27.4. The van der Waals surface area contributed by atoms with Crippen molar-refractivity contribution in [2.45, 2.75) is 13.0 Å². The van der Waals surface area contributed by atoms with E-state index in [2.05, 4.69) is 25.4 Å². The highest BCUT2D eigenvalue weighted by atomic mass is 19.1. The molecule has 3 aromatic heterocycles. The largest absolute Gasteiger partial charge is 0.489 e. The third-order valence-electron chi connectivity index (χ3n) is 7.20. The van der Waals surface area contributed by atoms with Crippen LogP contribution in [0.15, 0.2) is 55.2 Å². The number of piperazine rings is 1. The minimum atomic E-state index is -1.01. The predicted octanol–water partition coefficient (Wildman–Crippen LogP) is 4.22. The number of aromatic nitrogens is 5. The van der Waals surface area contributed by atoms with Crippen LogP contribution in [0.5, 0.6) is 17.2 Å². The van der Waals surface area contributed by atoms with Gasteiger partial charge < -0.3 is 24.8 Å². The van der Waals surface area contributed by atoms with Crippen molar-refractivity contribution >= 4 is 39.8 Å². The number of aryl methyl sites for hydroxylation is 1. The van der Waals surface area contributed by atoms with Crippen molar-refractivity contribution in [2.24, 2.45) is 0 Å². The van der Waals surface area contributed by atoms with Crippen LogP contribution in [0.1, 0.15) is 5.56 Å². The Hall–Kier alpha value is -5.20. The van der Waals surface area contributed by atoms with Gasteiger partial charge in [-0.2, -0.15) is 5.10 Å². The molecule has 0 saturated carbocycles. The standard InChI is InChI=1S/C27H23FN8O4/c1-15-8-16(2-3-20(15)40-18-4-5-36-22(9-18)30-14-32-36)33-26-23-19(29-13-31-26)10-21-25(24(23)28)34-6-7-35(27(37)38)17(11-34)12-39-21/h2-5,8-10,13-14,17H,6-7,11-12H2,1H3,(H,37,38)(H,29,31,33)/t17-/m0/s1. The number of ether oxygens (including phenoxy) is 2. The van der Waals surface area contributed by atoms with Crippen LogP contribution >= 0.6 is 0 Å². The molecule has 2 aromatic carbocycles. The normalized spacial score (nSPS) is 16.4. The number of hydrogen-bond donors (Lipinski definition) is 2. The van der Waals surface area contributed by atoms with Crippen LogP contribution < -0.4 is 19.7 Å². The van der Waals surface area contributed by atoms with Crippen molar-refractivity contribution in [3.8, 4) is 17.2 Å². The van der Waals surface area contributed by atoms with Gasteiger partial charge >= 0.3 is 6.09 Å². The van der Waals surface area contributed by atoms with Crippen molar-refractivity contribution in [3.63, 3.8) is 0 Å². The minimum absolute atomic E-state index is 0.136. The Morgan fingerprint density at radius 1 is 1.15 bits per heavy atom. The molecule has 1 fully saturated rings. The number of fused-ring (bicyclic) bond motifs is 6. The third kappa shape index (κ3) is 4.02. The van der Waals surface area contributed by atoms with Crippen molar-refractivity contribution in [3.05, 3.63) is 66.6 Å². The smallest absolute Gasteiger partial charge is 0.407 e. The topological polar surface area (TPSA) is 130 Å². The van der Waals surface area contributed by atoms with Crippen LogP contribution in [0.2, 0.25) is 0 Å². The number of carbonyl (C=O) groups is 1. The second-order valence-electron chi connectivity index (χ2n) is 9.67. The fourth-order valence-corrected chi connectivity index (χ4v) is 5.25. The molecule has 40 heavy (non-hydrogen) atoms. The molecule has 5 aromatic rings. The molecule has 2 bridgehead atoms. The molecule has 5 heterocycles. The molecule has 0 radical (unpaired) electrons. The van der Waals surface area contributed by atoms with E-state index in [0.717, 1.165) is 5.56 Å². The lowest BCUT2D eigenvalue weighted by molar-refractivity contribution is 0.101. The number of benzene rings is 2. The van der Waals surface area contributed by atoms with Crippen LogP contribution in [-0.2, 0) is 0 Å². The minimum Gasteiger partial charge on any atom is -0.489 e. The number of halogens is 1. The average molecular weight is 543 g/mol. The Bertz CT molecular complexity index is 1790. The van der Waals surface area contributed by atoms with Crippen LogP contribution in [0.3, 0.4) is 0 Å². The second kappa shape index (κ2) is 9.22. The van der Waals surface area contributed by atoms with Gasteiger partial charge in [0, 0.05) is 43.7 Å². The molecule has 7 rings (SSSR count). The van der Waals surface area contributed by atoms with Crippen molar-refractivity contribution in [1.29, 1.82) is 0 Å². The molecule has 12 nitrogen and oxygen atoms in total. The Balaban J connectivity index is 1.19. The molecule has 202 valence electrons. The SMILES string of the molecule is Cc1cc(Nc2ncnc3cc4c(c(F)c23)N2CCN(C(=O)O)[C@H](CO4)C2)ccc1Oc1ccn2ncnc2c1. The van der Waals surface area contributed by atoms with E-state index < -0.39 is 18.0 Å². The molecule has 2 N–H and O–H groups in total. The summed E-state index contributed by atoms with van der Waals surface area (Å²) in [5, 5.41) is 17.1. The van der Waals surface area contributed by atoms with Gasteiger partial charge in [-0.15, -0.1) is 0 Å². The summed E-state index contributed by atoms with van der Waals surface area (Å²) in [7, 11) is 0. The summed E-state index contributed by atoms with van der Waals surface area (Å²) in [6.07, 6.45) is 3.61. The molecule has 0 unspecified atom stereocenters. The predicted molar refractivity (Wildman–Crippen MR) is 143 cm³/mol. The van der Waals surface area contributed by atoms with E-state index in [9.17, 15) is 9.90 Å². The first-order valence-electron chi connectivity index (χ1n) is 12.6. The lowest BCUT2D eigenvalue weighted by atomic mass is 10.1. The first-order valence-corrected chi connectivity index (χ1v) is 12.6. The van der Waals surface area contributed by atoms with Crippen molar-refractivity contribution < 1.29 is 23.8 Å². The summed E-state index contributed by atoms with van der Waals surface area (Å²) in [4.78, 5) is 27.6. The molecule has 2 aliphatic rings. The highest BCUT2D eigenvalue weighted by molar-refractivity contribution is 5.96. The maximum absolute atomic E-state index is 16.2. The van der Waals surface area contributed by atoms with Crippen molar-refractivity contribution in [2.75, 3.05) is 36.5 Å². The summed E-state index contributed by atoms with van der Waals surface area (Å²) < 4.78 is 29.8. The number of nitrogens with one attached hydrogen (secondary N) is 1. The molecule has 1 saturated heterocycles. The average Bonchev–Trinajstić information content (AvgIpc) is 3.36. The molecule has 0 aliphatic carbocycles. The number of nitrogens with zero attached hydrogens (tertiary/aromatic N) is 7. The number of amides is 1. The van der Waals surface area contributed by atoms with Crippen LogP contribution in [0.25, 0.3) is 16.6 Å². The van der Waals surface area contributed by atoms with Gasteiger partial charge in [0.25, 0.3) is 0 Å². The van der Waals surface area contributed by atoms with Gasteiger partial charge in [0.2, 0.25) is 0 Å². The first-order chi connectivity index (χ1) is 19.4. The van der Waals surface area contributed by atoms with E-state index in [1.54, 1.807) is 28.9 Å². The fraction of sp³-hybridized carbons (Fsp3) is 0.222. The highest BCUT2D eigenvalue weighted by Crippen LogP contribution is 2.41. The lowest BCUT2D eigenvalue weighted by Crippen LogP contribution is -2.56. The van der Waals surface area contributed by atoms with E-state index in [1.165, 1.54) is 17.6 Å². The third-order valence-corrected chi connectivity index (χ3v) is 7.20. The zero-order valence-electron chi connectivity index (χ0n) is 21.3. The number of rotatable bonds is 4. The molecule has 1 atom stereocenters. The van der Waals surface area contributed by atoms with E-state index in [4.69, 9.17) is 9.47 Å². The van der Waals surface area contributed by atoms with Gasteiger partial charge in [-0.05, 0) is 36.8 Å². The molecular weight excluding hydrogens is 519 g/mol. The van der Waals surface area contributed by atoms with Gasteiger partial charge in [-0.3, -0.25) is 4.90 Å². The van der Waals surface area contributed by atoms with Gasteiger partial charge in [0.05, 0.1) is 16.9 Å². The quantitative estimate of drug-likeness (QED) is 0.340. The molecule has 0 spiro atoms. The summed E-state index contributed by atoms with van der Waals surface area (Å²) in [6, 6.07) is 10.4. The van der Waals surface area contributed by atoms with Crippen LogP contribution in [-0.4, -0.2) is 72.9 Å². The number of pyridine rings is 1. The fourth-order valence-electron chi connectivity index (χ4n) is 5.25. The molecular formula is C27H23FN8O4. The first kappa shape index (κ1) is 23.9. The summed E-state index contributed by atoms with van der Waals surface area (Å²) in [5.74, 6) is 1.42. The Morgan fingerprint density at radius 3 is 2.90 bits per heavy atom. The summed E-state index contributed by atoms with van der Waals surface area (Å²) in [6.45, 7) is 3.00. The lowest BCUT2D eigenvalue weighted by Gasteiger charge is -2.38. The molecule has 1 amide bonds. The number of carboxylic acid groups (broad SMARTS) is 1. The maximum Gasteiger partial charge on any atom is 0.407 e. The maximum atomic E-state index is 16.2. The van der Waals surface area contributed by atoms with E-state index >= 15 is 4.39 Å². The summed E-state index contributed by atoms with van der Waals surface area (Å²) >= 11 is 0. The Kier molecular flexibility index (Phi) is 5.51. The van der Waals surface area contributed by atoms with Gasteiger partial charge in [0.1, 0.15) is 48.0 Å². The Morgan fingerprint density at radius 2 is 2.05 bits per heavy atom. The van der Waals surface area contributed by atoms with Crippen LogP contribution in [0, 0.1) is 12.7 Å². The second-order valence-corrected chi connectivity index (χ2v) is 9.67. The number of anilines is 3. The Labute approximate surface area is 226 Å². The zero-order valence-corrected chi connectivity index (χ0v) is 21.3. The molecule has 2 aliphatic heterocycles. The highest BCUT2D eigenvalue weighted by Gasteiger charge is 2.36. The van der Waals surface area contributed by atoms with Crippen molar-refractivity contribution in [1.82, 2.24) is 29.5 Å². The van der Waals surface area contributed by atoms with Gasteiger partial charge in [-0.1, -0.05) is 0 Å².